The second kappa shape index (κ2) is 6.34. The molecule has 1 saturated heterocycles. The van der Waals surface area contributed by atoms with Gasteiger partial charge >= 0.3 is 6.18 Å². The van der Waals surface area contributed by atoms with Crippen molar-refractivity contribution >= 4 is 21.6 Å². The van der Waals surface area contributed by atoms with E-state index in [0.29, 0.717) is 18.9 Å². The van der Waals surface area contributed by atoms with E-state index >= 15 is 0 Å². The van der Waals surface area contributed by atoms with Gasteiger partial charge in [0.05, 0.1) is 21.5 Å². The van der Waals surface area contributed by atoms with Crippen molar-refractivity contribution in [1.82, 2.24) is 8.87 Å². The molecule has 4 nitrogen and oxygen atoms in total. The topological polar surface area (TPSA) is 42.3 Å². The Labute approximate surface area is 148 Å². The van der Waals surface area contributed by atoms with E-state index in [1.165, 1.54) is 4.31 Å². The first-order chi connectivity index (χ1) is 11.6. The van der Waals surface area contributed by atoms with Crippen LogP contribution in [0, 0.1) is 0 Å². The Morgan fingerprint density at radius 1 is 1.24 bits per heavy atom. The summed E-state index contributed by atoms with van der Waals surface area (Å²) in [6.45, 7) is 0.266. The van der Waals surface area contributed by atoms with Gasteiger partial charge in [-0.3, -0.25) is 0 Å². The van der Waals surface area contributed by atoms with Crippen LogP contribution in [0.25, 0.3) is 0 Å². The maximum atomic E-state index is 13.1. The van der Waals surface area contributed by atoms with Crippen LogP contribution in [0.1, 0.15) is 30.1 Å². The van der Waals surface area contributed by atoms with Crippen LogP contribution in [0.4, 0.5) is 13.2 Å². The molecule has 2 aromatic rings. The number of nitrogens with zero attached hydrogens (tertiary/aromatic N) is 2. The minimum Gasteiger partial charge on any atom is -0.353 e. The number of benzene rings is 1. The molecule has 25 heavy (non-hydrogen) atoms. The third-order valence-corrected chi connectivity index (χ3v) is 6.61. The normalized spacial score (nSPS) is 19.5. The standard InChI is InChI=1S/C16H16ClF3N2O2S/c1-21-8-2-4-14(21)15-5-3-9-22(15)25(23,24)11-6-7-13(17)12(10-11)16(18,19)20/h2,4,6-8,10,15H,3,5,9H2,1H3/t15-/m0/s1. The molecular formula is C16H16ClF3N2O2S. The summed E-state index contributed by atoms with van der Waals surface area (Å²) in [6.07, 6.45) is -1.64. The molecule has 9 heteroatoms. The van der Waals surface area contributed by atoms with Crippen molar-refractivity contribution in [3.8, 4) is 0 Å². The van der Waals surface area contributed by atoms with Crippen LogP contribution < -0.4 is 0 Å². The molecule has 1 fully saturated rings. The number of hydrogen-bond acceptors (Lipinski definition) is 2. The van der Waals surface area contributed by atoms with Crippen LogP contribution in [-0.4, -0.2) is 23.8 Å². The SMILES string of the molecule is Cn1cccc1[C@@H]1CCCN1S(=O)(=O)c1ccc(Cl)c(C(F)(F)F)c1. The highest BCUT2D eigenvalue weighted by molar-refractivity contribution is 7.89. The molecule has 0 N–H and O–H groups in total. The molecule has 0 spiro atoms. The van der Waals surface area contributed by atoms with E-state index in [1.54, 1.807) is 0 Å². The monoisotopic (exact) mass is 392 g/mol. The minimum atomic E-state index is -4.72. The third kappa shape index (κ3) is 3.30. The Balaban J connectivity index is 2.03. The van der Waals surface area contributed by atoms with E-state index in [1.807, 2.05) is 29.9 Å². The zero-order chi connectivity index (χ0) is 18.4. The van der Waals surface area contributed by atoms with Crippen LogP contribution in [0.3, 0.4) is 0 Å². The maximum absolute atomic E-state index is 13.1. The summed E-state index contributed by atoms with van der Waals surface area (Å²) in [4.78, 5) is -0.398. The molecule has 1 aromatic heterocycles. The molecule has 0 radical (unpaired) electrons. The quantitative estimate of drug-likeness (QED) is 0.784. The van der Waals surface area contributed by atoms with E-state index in [2.05, 4.69) is 0 Å². The van der Waals surface area contributed by atoms with E-state index in [-0.39, 0.29) is 6.54 Å². The number of alkyl halides is 3. The van der Waals surface area contributed by atoms with Crippen molar-refractivity contribution < 1.29 is 21.6 Å². The Morgan fingerprint density at radius 2 is 1.96 bits per heavy atom. The summed E-state index contributed by atoms with van der Waals surface area (Å²) in [5.41, 5.74) is -0.337. The van der Waals surface area contributed by atoms with Gasteiger partial charge in [0.25, 0.3) is 0 Å². The zero-order valence-corrected chi connectivity index (χ0v) is 14.9. The molecule has 1 aliphatic rings. The van der Waals surface area contributed by atoms with Crippen LogP contribution in [0.5, 0.6) is 0 Å². The third-order valence-electron chi connectivity index (χ3n) is 4.38. The second-order valence-corrected chi connectivity index (χ2v) is 8.25. The molecule has 0 bridgehead atoms. The van der Waals surface area contributed by atoms with Gasteiger partial charge in [-0.2, -0.15) is 17.5 Å². The lowest BCUT2D eigenvalue weighted by atomic mass is 10.1. The van der Waals surface area contributed by atoms with E-state index in [9.17, 15) is 21.6 Å². The first kappa shape index (κ1) is 18.3. The van der Waals surface area contributed by atoms with Crippen LogP contribution >= 0.6 is 11.6 Å². The zero-order valence-electron chi connectivity index (χ0n) is 13.3. The molecule has 136 valence electrons. The van der Waals surface area contributed by atoms with Crippen molar-refractivity contribution in [2.45, 2.75) is 30.0 Å². The molecule has 1 aromatic carbocycles. The number of aromatic nitrogens is 1. The first-order valence-electron chi connectivity index (χ1n) is 7.62. The average molecular weight is 393 g/mol. The number of rotatable bonds is 3. The highest BCUT2D eigenvalue weighted by atomic mass is 35.5. The van der Waals surface area contributed by atoms with Gasteiger partial charge in [-0.15, -0.1) is 0 Å². The van der Waals surface area contributed by atoms with Crippen molar-refractivity contribution in [1.29, 1.82) is 0 Å². The molecule has 0 amide bonds. The lowest BCUT2D eigenvalue weighted by molar-refractivity contribution is -0.137. The van der Waals surface area contributed by atoms with E-state index in [0.717, 1.165) is 17.8 Å². The Bertz CT molecular complexity index is 893. The van der Waals surface area contributed by atoms with Gasteiger partial charge in [0.1, 0.15) is 0 Å². The summed E-state index contributed by atoms with van der Waals surface area (Å²) < 4.78 is 68.1. The lowest BCUT2D eigenvalue weighted by Gasteiger charge is -2.25. The fourth-order valence-electron chi connectivity index (χ4n) is 3.16. The van der Waals surface area contributed by atoms with Crippen molar-refractivity contribution in [2.75, 3.05) is 6.54 Å². The number of sulfonamides is 1. The smallest absolute Gasteiger partial charge is 0.353 e. The Hall–Kier alpha value is -1.51. The highest BCUT2D eigenvalue weighted by Crippen LogP contribution is 2.39. The van der Waals surface area contributed by atoms with Crippen molar-refractivity contribution in [3.05, 3.63) is 52.8 Å². The fourth-order valence-corrected chi connectivity index (χ4v) is 5.08. The minimum absolute atomic E-state index is 0.266. The van der Waals surface area contributed by atoms with Crippen LogP contribution in [-0.2, 0) is 23.2 Å². The predicted octanol–water partition coefficient (Wildman–Crippen LogP) is 4.22. The summed E-state index contributed by atoms with van der Waals surface area (Å²) in [5.74, 6) is 0. The summed E-state index contributed by atoms with van der Waals surface area (Å²) in [7, 11) is -2.26. The molecular weight excluding hydrogens is 377 g/mol. The van der Waals surface area contributed by atoms with Crippen molar-refractivity contribution in [3.63, 3.8) is 0 Å². The summed E-state index contributed by atoms with van der Waals surface area (Å²) >= 11 is 5.59. The Morgan fingerprint density at radius 3 is 2.56 bits per heavy atom. The number of hydrogen-bond donors (Lipinski definition) is 0. The van der Waals surface area contributed by atoms with Gasteiger partial charge in [0, 0.05) is 25.5 Å². The molecule has 1 atom stereocenters. The lowest BCUT2D eigenvalue weighted by Crippen LogP contribution is -2.31. The second-order valence-electron chi connectivity index (χ2n) is 5.96. The van der Waals surface area contributed by atoms with Gasteiger partial charge < -0.3 is 4.57 Å². The van der Waals surface area contributed by atoms with E-state index < -0.39 is 37.7 Å². The maximum Gasteiger partial charge on any atom is 0.417 e. The number of aryl methyl sites for hydroxylation is 1. The van der Waals surface area contributed by atoms with Gasteiger partial charge in [-0.05, 0) is 43.2 Å². The highest BCUT2D eigenvalue weighted by Gasteiger charge is 2.39. The number of halogens is 4. The first-order valence-corrected chi connectivity index (χ1v) is 9.44. The fraction of sp³-hybridized carbons (Fsp3) is 0.375. The largest absolute Gasteiger partial charge is 0.417 e. The van der Waals surface area contributed by atoms with E-state index in [4.69, 9.17) is 11.6 Å². The molecule has 0 saturated carbocycles. The molecule has 0 unspecified atom stereocenters. The Kier molecular flexibility index (Phi) is 4.63. The molecule has 2 heterocycles. The van der Waals surface area contributed by atoms with Crippen LogP contribution in [0.15, 0.2) is 41.4 Å². The van der Waals surface area contributed by atoms with Crippen LogP contribution in [0.2, 0.25) is 5.02 Å². The summed E-state index contributed by atoms with van der Waals surface area (Å²) in [6, 6.07) is 5.94. The van der Waals surface area contributed by atoms with Gasteiger partial charge in [0.2, 0.25) is 10.0 Å². The average Bonchev–Trinajstić information content (AvgIpc) is 3.14. The molecule has 3 rings (SSSR count). The van der Waals surface area contributed by atoms with Crippen molar-refractivity contribution in [2.24, 2.45) is 7.05 Å². The molecule has 0 aliphatic carbocycles. The molecule has 1 aliphatic heterocycles. The predicted molar refractivity (Wildman–Crippen MR) is 87.7 cm³/mol. The van der Waals surface area contributed by atoms with Gasteiger partial charge in [-0.1, -0.05) is 11.6 Å². The summed E-state index contributed by atoms with van der Waals surface area (Å²) in [5, 5.41) is -0.521. The van der Waals surface area contributed by atoms with Gasteiger partial charge in [0.15, 0.2) is 0 Å². The van der Waals surface area contributed by atoms with Gasteiger partial charge in [-0.25, -0.2) is 8.42 Å².